The minimum atomic E-state index is -0.0258. The summed E-state index contributed by atoms with van der Waals surface area (Å²) in [5, 5.41) is 14.7. The first-order valence-electron chi connectivity index (χ1n) is 6.12. The van der Waals surface area contributed by atoms with E-state index in [2.05, 4.69) is 21.7 Å². The zero-order valence-corrected chi connectivity index (χ0v) is 10.4. The van der Waals surface area contributed by atoms with Crippen molar-refractivity contribution in [1.29, 1.82) is 5.26 Å². The highest BCUT2D eigenvalue weighted by atomic mass is 16.1. The molecule has 2 N–H and O–H groups in total. The fourth-order valence-electron chi connectivity index (χ4n) is 2.11. The van der Waals surface area contributed by atoms with E-state index in [0.717, 1.165) is 25.0 Å². The van der Waals surface area contributed by atoms with Gasteiger partial charge in [-0.1, -0.05) is 0 Å². The summed E-state index contributed by atoms with van der Waals surface area (Å²) in [6.07, 6.45) is 3.47. The lowest BCUT2D eigenvalue weighted by molar-refractivity contribution is -0.120. The van der Waals surface area contributed by atoms with Gasteiger partial charge in [0.1, 0.15) is 11.9 Å². The first-order chi connectivity index (χ1) is 8.74. The predicted molar refractivity (Wildman–Crippen MR) is 68.2 cm³/mol. The number of carbonyl (C=O) groups excluding carboxylic acids is 1. The molecule has 0 fully saturated rings. The smallest absolute Gasteiger partial charge is 0.221 e. The summed E-state index contributed by atoms with van der Waals surface area (Å²) in [5.74, 6) is 0.573. The van der Waals surface area contributed by atoms with Gasteiger partial charge in [0.15, 0.2) is 0 Å². The Balaban J connectivity index is 2.08. The summed E-state index contributed by atoms with van der Waals surface area (Å²) >= 11 is 0. The lowest BCUT2D eigenvalue weighted by Gasteiger charge is -2.09. The molecular weight excluding hydrogens is 228 g/mol. The quantitative estimate of drug-likeness (QED) is 0.828. The fraction of sp³-hybridized carbons (Fsp3) is 0.462. The summed E-state index contributed by atoms with van der Waals surface area (Å²) < 4.78 is 0. The molecule has 2 rings (SSSR count). The van der Waals surface area contributed by atoms with Crippen LogP contribution in [0.4, 0.5) is 5.82 Å². The van der Waals surface area contributed by atoms with Gasteiger partial charge in [-0.3, -0.25) is 4.79 Å². The van der Waals surface area contributed by atoms with Gasteiger partial charge in [-0.2, -0.15) is 5.26 Å². The van der Waals surface area contributed by atoms with Crippen LogP contribution in [0.15, 0.2) is 6.07 Å². The van der Waals surface area contributed by atoms with E-state index in [1.54, 1.807) is 7.05 Å². The number of amides is 1. The normalized spacial score (nSPS) is 12.7. The molecule has 0 saturated carbocycles. The Labute approximate surface area is 106 Å². The first-order valence-corrected chi connectivity index (χ1v) is 6.12. The number of aromatic nitrogens is 1. The van der Waals surface area contributed by atoms with E-state index in [0.29, 0.717) is 24.3 Å². The third-order valence-corrected chi connectivity index (χ3v) is 3.09. The number of rotatable bonds is 4. The van der Waals surface area contributed by atoms with Crippen molar-refractivity contribution in [3.05, 3.63) is 22.9 Å². The predicted octanol–water partition coefficient (Wildman–Crippen LogP) is 0.990. The van der Waals surface area contributed by atoms with E-state index in [1.807, 2.05) is 6.07 Å². The van der Waals surface area contributed by atoms with Crippen molar-refractivity contribution in [3.8, 4) is 6.07 Å². The Morgan fingerprint density at radius 1 is 1.56 bits per heavy atom. The molecular formula is C13H16N4O. The van der Waals surface area contributed by atoms with Gasteiger partial charge in [-0.15, -0.1) is 0 Å². The van der Waals surface area contributed by atoms with Crippen LogP contribution in [0.3, 0.4) is 0 Å². The summed E-state index contributed by atoms with van der Waals surface area (Å²) in [4.78, 5) is 15.6. The number of fused-ring (bicyclic) bond motifs is 1. The number of pyridine rings is 1. The number of carbonyl (C=O) groups is 1. The zero-order valence-electron chi connectivity index (χ0n) is 10.4. The lowest BCUT2D eigenvalue weighted by Crippen LogP contribution is -2.21. The number of nitriles is 1. The molecule has 1 aliphatic rings. The van der Waals surface area contributed by atoms with Gasteiger partial charge >= 0.3 is 0 Å². The highest BCUT2D eigenvalue weighted by Gasteiger charge is 2.16. The van der Waals surface area contributed by atoms with Crippen LogP contribution >= 0.6 is 0 Å². The number of aryl methyl sites for hydroxylation is 2. The van der Waals surface area contributed by atoms with Crippen LogP contribution in [0, 0.1) is 11.3 Å². The molecule has 1 aromatic heterocycles. The highest BCUT2D eigenvalue weighted by molar-refractivity contribution is 5.76. The first kappa shape index (κ1) is 12.4. The SMILES string of the molecule is CNC(=O)CCNc1nc2c(cc1C#N)CCC2. The number of anilines is 1. The van der Waals surface area contributed by atoms with Gasteiger partial charge in [0.25, 0.3) is 0 Å². The van der Waals surface area contributed by atoms with Gasteiger partial charge in [0.2, 0.25) is 5.91 Å². The molecule has 0 spiro atoms. The van der Waals surface area contributed by atoms with Crippen LogP contribution in [-0.4, -0.2) is 24.5 Å². The van der Waals surface area contributed by atoms with Gasteiger partial charge in [0, 0.05) is 25.7 Å². The maximum Gasteiger partial charge on any atom is 0.221 e. The third-order valence-electron chi connectivity index (χ3n) is 3.09. The molecule has 5 nitrogen and oxygen atoms in total. The van der Waals surface area contributed by atoms with Gasteiger partial charge < -0.3 is 10.6 Å². The molecule has 0 radical (unpaired) electrons. The minimum absolute atomic E-state index is 0.0258. The van der Waals surface area contributed by atoms with E-state index in [-0.39, 0.29) is 5.91 Å². The Bertz CT molecular complexity index is 504. The van der Waals surface area contributed by atoms with Gasteiger partial charge in [-0.05, 0) is 30.9 Å². The third kappa shape index (κ3) is 2.59. The molecule has 0 bridgehead atoms. The Hall–Kier alpha value is -2.09. The van der Waals surface area contributed by atoms with E-state index in [1.165, 1.54) is 5.56 Å². The molecule has 0 aliphatic heterocycles. The second-order valence-electron chi connectivity index (χ2n) is 4.31. The van der Waals surface area contributed by atoms with Crippen molar-refractivity contribution in [1.82, 2.24) is 10.3 Å². The van der Waals surface area contributed by atoms with E-state index >= 15 is 0 Å². The molecule has 5 heteroatoms. The zero-order chi connectivity index (χ0) is 13.0. The molecule has 0 atom stereocenters. The molecule has 1 amide bonds. The van der Waals surface area contributed by atoms with Crippen LogP contribution in [0.1, 0.15) is 29.7 Å². The topological polar surface area (TPSA) is 77.8 Å². The van der Waals surface area contributed by atoms with Crippen LogP contribution in [-0.2, 0) is 17.6 Å². The molecule has 0 saturated heterocycles. The average molecular weight is 244 g/mol. The minimum Gasteiger partial charge on any atom is -0.368 e. The van der Waals surface area contributed by atoms with E-state index in [9.17, 15) is 4.79 Å². The van der Waals surface area contributed by atoms with Gasteiger partial charge in [0.05, 0.1) is 5.56 Å². The molecule has 1 heterocycles. The molecule has 18 heavy (non-hydrogen) atoms. The van der Waals surface area contributed by atoms with Crippen LogP contribution < -0.4 is 10.6 Å². The van der Waals surface area contributed by atoms with Crippen LogP contribution in [0.25, 0.3) is 0 Å². The highest BCUT2D eigenvalue weighted by Crippen LogP contribution is 2.24. The maximum atomic E-state index is 11.1. The van der Waals surface area contributed by atoms with Crippen molar-refractivity contribution in [2.24, 2.45) is 0 Å². The van der Waals surface area contributed by atoms with Crippen molar-refractivity contribution >= 4 is 11.7 Å². The maximum absolute atomic E-state index is 11.1. The molecule has 1 aromatic rings. The summed E-state index contributed by atoms with van der Waals surface area (Å²) in [7, 11) is 1.61. The molecule has 94 valence electrons. The van der Waals surface area contributed by atoms with Crippen LogP contribution in [0.2, 0.25) is 0 Å². The largest absolute Gasteiger partial charge is 0.368 e. The number of nitrogens with one attached hydrogen (secondary N) is 2. The number of hydrogen-bond acceptors (Lipinski definition) is 4. The monoisotopic (exact) mass is 244 g/mol. The van der Waals surface area contributed by atoms with Crippen molar-refractivity contribution in [3.63, 3.8) is 0 Å². The van der Waals surface area contributed by atoms with Gasteiger partial charge in [-0.25, -0.2) is 4.98 Å². The Kier molecular flexibility index (Phi) is 3.78. The number of hydrogen-bond donors (Lipinski definition) is 2. The Morgan fingerprint density at radius 2 is 2.39 bits per heavy atom. The number of nitrogens with zero attached hydrogens (tertiary/aromatic N) is 2. The molecule has 1 aliphatic carbocycles. The second kappa shape index (κ2) is 5.50. The lowest BCUT2D eigenvalue weighted by atomic mass is 10.1. The van der Waals surface area contributed by atoms with Crippen molar-refractivity contribution in [2.45, 2.75) is 25.7 Å². The van der Waals surface area contributed by atoms with E-state index < -0.39 is 0 Å². The summed E-state index contributed by atoms with van der Waals surface area (Å²) in [5.41, 5.74) is 2.83. The van der Waals surface area contributed by atoms with Crippen molar-refractivity contribution in [2.75, 3.05) is 18.9 Å². The summed E-state index contributed by atoms with van der Waals surface area (Å²) in [6, 6.07) is 4.07. The molecule has 0 unspecified atom stereocenters. The average Bonchev–Trinajstić information content (AvgIpc) is 2.84. The standard InChI is InChI=1S/C13H16N4O/c1-15-12(18)5-6-16-13-10(8-14)7-9-3-2-4-11(9)17-13/h7H,2-6H2,1H3,(H,15,18)(H,16,17). The van der Waals surface area contributed by atoms with Crippen molar-refractivity contribution < 1.29 is 4.79 Å². The molecule has 0 aromatic carbocycles. The Morgan fingerprint density at radius 3 is 3.11 bits per heavy atom. The fourth-order valence-corrected chi connectivity index (χ4v) is 2.11. The van der Waals surface area contributed by atoms with E-state index in [4.69, 9.17) is 5.26 Å². The van der Waals surface area contributed by atoms with Crippen LogP contribution in [0.5, 0.6) is 0 Å². The second-order valence-corrected chi connectivity index (χ2v) is 4.31. The summed E-state index contributed by atoms with van der Waals surface area (Å²) in [6.45, 7) is 0.486.